The molecule has 1 aliphatic rings. The van der Waals surface area contributed by atoms with E-state index in [0.29, 0.717) is 5.95 Å². The molecule has 1 aliphatic heterocycles. The summed E-state index contributed by atoms with van der Waals surface area (Å²) in [6, 6.07) is 13.9. The van der Waals surface area contributed by atoms with Crippen molar-refractivity contribution in [3.05, 3.63) is 59.3 Å². The minimum atomic E-state index is 0.562. The number of halogens is 1. The zero-order valence-corrected chi connectivity index (χ0v) is 15.8. The highest BCUT2D eigenvalue weighted by atomic mass is 79.9. The number of pyridine rings is 1. The molecule has 0 aliphatic carbocycles. The van der Waals surface area contributed by atoms with Gasteiger partial charge in [-0.05, 0) is 36.4 Å². The molecule has 1 fully saturated rings. The van der Waals surface area contributed by atoms with Crippen molar-refractivity contribution in [3.8, 4) is 11.3 Å². The van der Waals surface area contributed by atoms with Crippen molar-refractivity contribution in [2.24, 2.45) is 0 Å². The molecule has 0 saturated carbocycles. The van der Waals surface area contributed by atoms with Gasteiger partial charge in [-0.15, -0.1) is 0 Å². The van der Waals surface area contributed by atoms with E-state index < -0.39 is 0 Å². The van der Waals surface area contributed by atoms with Gasteiger partial charge in [0, 0.05) is 54.3 Å². The molecule has 0 unspecified atom stereocenters. The van der Waals surface area contributed by atoms with E-state index in [1.165, 1.54) is 0 Å². The quantitative estimate of drug-likeness (QED) is 0.686. The van der Waals surface area contributed by atoms with Gasteiger partial charge in [-0.25, -0.2) is 15.0 Å². The maximum absolute atomic E-state index is 4.62. The normalized spacial score (nSPS) is 14.3. The van der Waals surface area contributed by atoms with Crippen molar-refractivity contribution in [1.29, 1.82) is 0 Å². The Kier molecular flexibility index (Phi) is 5.08. The van der Waals surface area contributed by atoms with Gasteiger partial charge in [0.1, 0.15) is 5.82 Å². The van der Waals surface area contributed by atoms with Crippen molar-refractivity contribution in [3.63, 3.8) is 0 Å². The Bertz CT molecular complexity index is 877. The summed E-state index contributed by atoms with van der Waals surface area (Å²) in [5.41, 5.74) is 2.75. The number of aromatic nitrogens is 3. The van der Waals surface area contributed by atoms with Gasteiger partial charge in [0.25, 0.3) is 0 Å². The van der Waals surface area contributed by atoms with E-state index in [1.807, 2.05) is 36.5 Å². The Hall–Kier alpha value is -2.51. The standard InChI is InChI=1S/C19H19BrN6/c20-15-2-1-3-16(12-15)24-19-22-7-6-17(25-19)14-4-5-18(23-13-14)26-10-8-21-9-11-26/h1-7,12-13,21H,8-11H2,(H,22,24,25). The second-order valence-electron chi connectivity index (χ2n) is 6.04. The number of hydrogen-bond acceptors (Lipinski definition) is 6. The van der Waals surface area contributed by atoms with Gasteiger partial charge < -0.3 is 15.5 Å². The van der Waals surface area contributed by atoms with E-state index in [-0.39, 0.29) is 0 Å². The molecule has 0 radical (unpaired) electrons. The summed E-state index contributed by atoms with van der Waals surface area (Å²) in [4.78, 5) is 15.8. The van der Waals surface area contributed by atoms with Crippen molar-refractivity contribution in [1.82, 2.24) is 20.3 Å². The first-order valence-electron chi connectivity index (χ1n) is 8.56. The fourth-order valence-electron chi connectivity index (χ4n) is 2.89. The molecule has 7 heteroatoms. The van der Waals surface area contributed by atoms with Crippen LogP contribution in [0.5, 0.6) is 0 Å². The SMILES string of the molecule is Brc1cccc(Nc2nccc(-c3ccc(N4CCNCC4)nc3)n2)c1. The summed E-state index contributed by atoms with van der Waals surface area (Å²) >= 11 is 3.47. The Balaban J connectivity index is 1.52. The zero-order chi connectivity index (χ0) is 17.8. The van der Waals surface area contributed by atoms with Gasteiger partial charge in [0.05, 0.1) is 5.69 Å². The Morgan fingerprint density at radius 3 is 2.69 bits per heavy atom. The predicted octanol–water partition coefficient (Wildman–Crippen LogP) is 3.45. The van der Waals surface area contributed by atoms with E-state index in [0.717, 1.165) is 53.4 Å². The van der Waals surface area contributed by atoms with Crippen molar-refractivity contribution >= 4 is 33.4 Å². The summed E-state index contributed by atoms with van der Waals surface area (Å²) in [7, 11) is 0. The van der Waals surface area contributed by atoms with E-state index in [1.54, 1.807) is 6.20 Å². The van der Waals surface area contributed by atoms with Crippen LogP contribution in [-0.4, -0.2) is 41.1 Å². The van der Waals surface area contributed by atoms with Gasteiger partial charge in [0.15, 0.2) is 0 Å². The molecule has 0 spiro atoms. The van der Waals surface area contributed by atoms with Gasteiger partial charge in [-0.3, -0.25) is 0 Å². The molecule has 1 saturated heterocycles. The van der Waals surface area contributed by atoms with E-state index in [4.69, 9.17) is 0 Å². The van der Waals surface area contributed by atoms with Crippen LogP contribution < -0.4 is 15.5 Å². The average Bonchev–Trinajstić information content (AvgIpc) is 2.69. The number of benzene rings is 1. The topological polar surface area (TPSA) is 66.0 Å². The predicted molar refractivity (Wildman–Crippen MR) is 108 cm³/mol. The monoisotopic (exact) mass is 410 g/mol. The molecule has 3 heterocycles. The van der Waals surface area contributed by atoms with Crippen LogP contribution in [0.2, 0.25) is 0 Å². The molecule has 4 rings (SSSR count). The molecule has 0 atom stereocenters. The minimum Gasteiger partial charge on any atom is -0.354 e. The molecule has 3 aromatic rings. The first-order chi connectivity index (χ1) is 12.8. The molecule has 2 aromatic heterocycles. The van der Waals surface area contributed by atoms with Gasteiger partial charge >= 0.3 is 0 Å². The molecule has 0 bridgehead atoms. The van der Waals surface area contributed by atoms with Crippen molar-refractivity contribution < 1.29 is 0 Å². The lowest BCUT2D eigenvalue weighted by Crippen LogP contribution is -2.43. The van der Waals surface area contributed by atoms with Gasteiger partial charge in [-0.1, -0.05) is 22.0 Å². The largest absolute Gasteiger partial charge is 0.354 e. The zero-order valence-electron chi connectivity index (χ0n) is 14.2. The third kappa shape index (κ3) is 4.00. The second-order valence-corrected chi connectivity index (χ2v) is 6.96. The van der Waals surface area contributed by atoms with Crippen LogP contribution in [0.4, 0.5) is 17.5 Å². The van der Waals surface area contributed by atoms with Crippen LogP contribution in [0.15, 0.2) is 59.3 Å². The van der Waals surface area contributed by atoms with Crippen LogP contribution in [0.1, 0.15) is 0 Å². The lowest BCUT2D eigenvalue weighted by atomic mass is 10.2. The Labute approximate surface area is 160 Å². The van der Waals surface area contributed by atoms with Crippen LogP contribution >= 0.6 is 15.9 Å². The molecular formula is C19H19BrN6. The van der Waals surface area contributed by atoms with E-state index in [2.05, 4.69) is 58.5 Å². The number of anilines is 3. The van der Waals surface area contributed by atoms with Crippen LogP contribution in [0, 0.1) is 0 Å². The molecule has 2 N–H and O–H groups in total. The summed E-state index contributed by atoms with van der Waals surface area (Å²) in [5, 5.41) is 6.59. The first kappa shape index (κ1) is 16.9. The number of piperazine rings is 1. The number of nitrogens with one attached hydrogen (secondary N) is 2. The van der Waals surface area contributed by atoms with Crippen LogP contribution in [0.3, 0.4) is 0 Å². The van der Waals surface area contributed by atoms with Crippen molar-refractivity contribution in [2.45, 2.75) is 0 Å². The van der Waals surface area contributed by atoms with Crippen molar-refractivity contribution in [2.75, 3.05) is 36.4 Å². The maximum atomic E-state index is 4.62. The van der Waals surface area contributed by atoms with Gasteiger partial charge in [-0.2, -0.15) is 0 Å². The second kappa shape index (κ2) is 7.80. The fraction of sp³-hybridized carbons (Fsp3) is 0.211. The smallest absolute Gasteiger partial charge is 0.227 e. The minimum absolute atomic E-state index is 0.562. The first-order valence-corrected chi connectivity index (χ1v) is 9.35. The third-order valence-electron chi connectivity index (χ3n) is 4.22. The molecule has 26 heavy (non-hydrogen) atoms. The van der Waals surface area contributed by atoms with Crippen LogP contribution in [0.25, 0.3) is 11.3 Å². The Morgan fingerprint density at radius 1 is 1.04 bits per heavy atom. The third-order valence-corrected chi connectivity index (χ3v) is 4.71. The molecule has 0 amide bonds. The lowest BCUT2D eigenvalue weighted by Gasteiger charge is -2.28. The highest BCUT2D eigenvalue weighted by Gasteiger charge is 2.12. The Morgan fingerprint density at radius 2 is 1.92 bits per heavy atom. The average molecular weight is 411 g/mol. The maximum Gasteiger partial charge on any atom is 0.227 e. The summed E-state index contributed by atoms with van der Waals surface area (Å²) in [6.45, 7) is 3.97. The summed E-state index contributed by atoms with van der Waals surface area (Å²) in [5.74, 6) is 1.57. The summed E-state index contributed by atoms with van der Waals surface area (Å²) < 4.78 is 1.01. The van der Waals surface area contributed by atoms with E-state index in [9.17, 15) is 0 Å². The fourth-order valence-corrected chi connectivity index (χ4v) is 3.29. The van der Waals surface area contributed by atoms with Crippen LogP contribution in [-0.2, 0) is 0 Å². The highest BCUT2D eigenvalue weighted by molar-refractivity contribution is 9.10. The number of nitrogens with zero attached hydrogens (tertiary/aromatic N) is 4. The lowest BCUT2D eigenvalue weighted by molar-refractivity contribution is 0.585. The molecular weight excluding hydrogens is 392 g/mol. The van der Waals surface area contributed by atoms with Gasteiger partial charge in [0.2, 0.25) is 5.95 Å². The highest BCUT2D eigenvalue weighted by Crippen LogP contribution is 2.22. The number of rotatable bonds is 4. The molecule has 1 aromatic carbocycles. The van der Waals surface area contributed by atoms with E-state index >= 15 is 0 Å². The number of hydrogen-bond donors (Lipinski definition) is 2. The summed E-state index contributed by atoms with van der Waals surface area (Å²) in [6.07, 6.45) is 3.63. The molecule has 132 valence electrons. The molecule has 6 nitrogen and oxygen atoms in total.